The topological polar surface area (TPSA) is 9.23 Å². The standard InChI is InChI=1S/C24H23BrO/c1-4-24(5-2)22-14-17(16-6-10-19(26-3)11-7-16)8-12-20(22)21-13-9-18(25)15-23(21)24/h6-15H,4-5H2,1-3H3. The van der Waals surface area contributed by atoms with E-state index < -0.39 is 0 Å². The lowest BCUT2D eigenvalue weighted by Crippen LogP contribution is -2.23. The highest BCUT2D eigenvalue weighted by Crippen LogP contribution is 2.53. The third-order valence-corrected chi connectivity index (χ3v) is 6.45. The molecule has 0 fully saturated rings. The molecule has 26 heavy (non-hydrogen) atoms. The number of methoxy groups -OCH3 is 1. The van der Waals surface area contributed by atoms with Gasteiger partial charge in [0.15, 0.2) is 0 Å². The second-order valence-corrected chi connectivity index (χ2v) is 7.88. The van der Waals surface area contributed by atoms with Crippen LogP contribution in [-0.4, -0.2) is 7.11 Å². The average Bonchev–Trinajstić information content (AvgIpc) is 2.96. The Bertz CT molecular complexity index is 952. The van der Waals surface area contributed by atoms with Crippen LogP contribution in [0.2, 0.25) is 0 Å². The van der Waals surface area contributed by atoms with Gasteiger partial charge in [0.1, 0.15) is 5.75 Å². The number of ether oxygens (including phenoxy) is 1. The predicted octanol–water partition coefficient (Wildman–Crippen LogP) is 7.21. The SMILES string of the molecule is CCC1(CC)c2cc(Br)ccc2-c2ccc(-c3ccc(OC)cc3)cc21. The van der Waals surface area contributed by atoms with Crippen LogP contribution in [-0.2, 0) is 5.41 Å². The first-order valence-electron chi connectivity index (χ1n) is 9.22. The van der Waals surface area contributed by atoms with Crippen molar-refractivity contribution < 1.29 is 4.74 Å². The molecule has 1 nitrogen and oxygen atoms in total. The van der Waals surface area contributed by atoms with Gasteiger partial charge in [0.05, 0.1) is 7.11 Å². The third-order valence-electron chi connectivity index (χ3n) is 5.95. The predicted molar refractivity (Wildman–Crippen MR) is 113 cm³/mol. The smallest absolute Gasteiger partial charge is 0.118 e. The van der Waals surface area contributed by atoms with Crippen LogP contribution in [0.15, 0.2) is 65.1 Å². The Kier molecular flexibility index (Phi) is 4.40. The number of hydrogen-bond donors (Lipinski definition) is 0. The Morgan fingerprint density at radius 2 is 1.35 bits per heavy atom. The van der Waals surface area contributed by atoms with E-state index in [4.69, 9.17) is 4.74 Å². The highest BCUT2D eigenvalue weighted by atomic mass is 79.9. The molecule has 0 unspecified atom stereocenters. The molecule has 0 spiro atoms. The maximum atomic E-state index is 5.30. The normalized spacial score (nSPS) is 14.0. The van der Waals surface area contributed by atoms with Crippen molar-refractivity contribution >= 4 is 15.9 Å². The van der Waals surface area contributed by atoms with Crippen molar-refractivity contribution in [2.75, 3.05) is 7.11 Å². The number of fused-ring (bicyclic) bond motifs is 3. The van der Waals surface area contributed by atoms with Crippen molar-refractivity contribution in [1.82, 2.24) is 0 Å². The van der Waals surface area contributed by atoms with Gasteiger partial charge in [0.2, 0.25) is 0 Å². The first-order chi connectivity index (χ1) is 12.6. The fraction of sp³-hybridized carbons (Fsp3) is 0.250. The Labute approximate surface area is 164 Å². The molecular weight excluding hydrogens is 384 g/mol. The molecule has 0 heterocycles. The van der Waals surface area contributed by atoms with E-state index in [1.807, 2.05) is 12.1 Å². The van der Waals surface area contributed by atoms with Crippen molar-refractivity contribution in [3.63, 3.8) is 0 Å². The van der Waals surface area contributed by atoms with E-state index in [0.29, 0.717) is 0 Å². The van der Waals surface area contributed by atoms with Crippen molar-refractivity contribution in [3.05, 3.63) is 76.3 Å². The molecule has 0 saturated heterocycles. The quantitative estimate of drug-likeness (QED) is 0.444. The summed E-state index contributed by atoms with van der Waals surface area (Å²) in [6, 6.07) is 22.0. The third kappa shape index (κ3) is 2.51. The molecule has 0 aromatic heterocycles. The minimum Gasteiger partial charge on any atom is -0.497 e. The van der Waals surface area contributed by atoms with Crippen LogP contribution >= 0.6 is 15.9 Å². The molecule has 0 bridgehead atoms. The molecule has 4 rings (SSSR count). The Morgan fingerprint density at radius 3 is 1.96 bits per heavy atom. The van der Waals surface area contributed by atoms with Crippen molar-refractivity contribution in [2.24, 2.45) is 0 Å². The van der Waals surface area contributed by atoms with Gasteiger partial charge in [-0.05, 0) is 76.6 Å². The van der Waals surface area contributed by atoms with Crippen LogP contribution < -0.4 is 4.74 Å². The zero-order valence-corrected chi connectivity index (χ0v) is 17.1. The summed E-state index contributed by atoms with van der Waals surface area (Å²) in [7, 11) is 1.70. The Hall–Kier alpha value is -2.06. The van der Waals surface area contributed by atoms with Crippen LogP contribution in [0.4, 0.5) is 0 Å². The van der Waals surface area contributed by atoms with Crippen LogP contribution in [0.25, 0.3) is 22.3 Å². The molecule has 3 aromatic rings. The van der Waals surface area contributed by atoms with Crippen LogP contribution in [0, 0.1) is 0 Å². The van der Waals surface area contributed by atoms with Crippen molar-refractivity contribution in [3.8, 4) is 28.0 Å². The van der Waals surface area contributed by atoms with Gasteiger partial charge in [-0.1, -0.05) is 60.1 Å². The fourth-order valence-electron chi connectivity index (χ4n) is 4.44. The highest BCUT2D eigenvalue weighted by molar-refractivity contribution is 9.10. The van der Waals surface area contributed by atoms with E-state index in [0.717, 1.165) is 23.1 Å². The summed E-state index contributed by atoms with van der Waals surface area (Å²) in [6.45, 7) is 4.62. The van der Waals surface area contributed by atoms with Crippen LogP contribution in [0.1, 0.15) is 37.8 Å². The lowest BCUT2D eigenvalue weighted by molar-refractivity contribution is 0.415. The maximum absolute atomic E-state index is 5.30. The molecule has 0 atom stereocenters. The van der Waals surface area contributed by atoms with Gasteiger partial charge in [-0.2, -0.15) is 0 Å². The summed E-state index contributed by atoms with van der Waals surface area (Å²) in [5, 5.41) is 0. The number of rotatable bonds is 4. The zero-order valence-electron chi connectivity index (χ0n) is 15.5. The molecule has 0 radical (unpaired) electrons. The molecule has 0 N–H and O–H groups in total. The van der Waals surface area contributed by atoms with Gasteiger partial charge in [-0.25, -0.2) is 0 Å². The molecule has 0 amide bonds. The van der Waals surface area contributed by atoms with Crippen molar-refractivity contribution in [2.45, 2.75) is 32.1 Å². The van der Waals surface area contributed by atoms with E-state index in [9.17, 15) is 0 Å². The first-order valence-corrected chi connectivity index (χ1v) is 10.0. The van der Waals surface area contributed by atoms with E-state index in [1.165, 1.54) is 33.4 Å². The average molecular weight is 407 g/mol. The summed E-state index contributed by atoms with van der Waals surface area (Å²) in [5.41, 5.74) is 8.28. The summed E-state index contributed by atoms with van der Waals surface area (Å²) in [5.74, 6) is 0.892. The number of halogens is 1. The minimum absolute atomic E-state index is 0.0942. The van der Waals surface area contributed by atoms with Gasteiger partial charge in [0.25, 0.3) is 0 Å². The molecule has 132 valence electrons. The van der Waals surface area contributed by atoms with Gasteiger partial charge in [0, 0.05) is 9.89 Å². The van der Waals surface area contributed by atoms with Crippen LogP contribution in [0.3, 0.4) is 0 Å². The Balaban J connectivity index is 1.90. The minimum atomic E-state index is 0.0942. The van der Waals surface area contributed by atoms with Gasteiger partial charge in [-0.15, -0.1) is 0 Å². The first kappa shape index (κ1) is 17.4. The highest BCUT2D eigenvalue weighted by Gasteiger charge is 2.40. The van der Waals surface area contributed by atoms with Crippen LogP contribution in [0.5, 0.6) is 5.75 Å². The molecule has 1 aliphatic carbocycles. The number of hydrogen-bond acceptors (Lipinski definition) is 1. The second-order valence-electron chi connectivity index (χ2n) is 6.97. The summed E-state index contributed by atoms with van der Waals surface area (Å²) in [6.07, 6.45) is 2.21. The van der Waals surface area contributed by atoms with Gasteiger partial charge >= 0.3 is 0 Å². The van der Waals surface area contributed by atoms with Gasteiger partial charge in [-0.3, -0.25) is 0 Å². The monoisotopic (exact) mass is 406 g/mol. The second kappa shape index (κ2) is 6.59. The molecule has 0 aliphatic heterocycles. The molecule has 1 aliphatic rings. The molecule has 3 aromatic carbocycles. The van der Waals surface area contributed by atoms with E-state index in [1.54, 1.807) is 7.11 Å². The van der Waals surface area contributed by atoms with Crippen molar-refractivity contribution in [1.29, 1.82) is 0 Å². The summed E-state index contributed by atoms with van der Waals surface area (Å²) < 4.78 is 6.45. The van der Waals surface area contributed by atoms with Gasteiger partial charge < -0.3 is 4.74 Å². The lowest BCUT2D eigenvalue weighted by atomic mass is 9.73. The lowest BCUT2D eigenvalue weighted by Gasteiger charge is -2.30. The zero-order chi connectivity index (χ0) is 18.3. The van der Waals surface area contributed by atoms with E-state index in [2.05, 4.69) is 78.3 Å². The maximum Gasteiger partial charge on any atom is 0.118 e. The number of benzene rings is 3. The molecule has 0 saturated carbocycles. The van der Waals surface area contributed by atoms with E-state index in [-0.39, 0.29) is 5.41 Å². The van der Waals surface area contributed by atoms with E-state index >= 15 is 0 Å². The fourth-order valence-corrected chi connectivity index (χ4v) is 4.80. The summed E-state index contributed by atoms with van der Waals surface area (Å²) in [4.78, 5) is 0. The molecular formula is C24H23BrO. The molecule has 2 heteroatoms. The summed E-state index contributed by atoms with van der Waals surface area (Å²) >= 11 is 3.67. The Morgan fingerprint density at radius 1 is 0.769 bits per heavy atom. The largest absolute Gasteiger partial charge is 0.497 e.